The molecule has 1 aromatic rings. The van der Waals surface area contributed by atoms with Crippen LogP contribution in [0.1, 0.15) is 36.7 Å². The Labute approximate surface area is 103 Å². The highest BCUT2D eigenvalue weighted by atomic mass is 19.1. The van der Waals surface area contributed by atoms with E-state index < -0.39 is 24.0 Å². The molecule has 0 aliphatic rings. The van der Waals surface area contributed by atoms with Gasteiger partial charge in [-0.3, -0.25) is 4.79 Å². The highest BCUT2D eigenvalue weighted by Crippen LogP contribution is 2.32. The highest BCUT2D eigenvalue weighted by molar-refractivity contribution is 5.68. The topological polar surface area (TPSA) is 72.5 Å². The van der Waals surface area contributed by atoms with Gasteiger partial charge in [-0.15, -0.1) is 0 Å². The van der Waals surface area contributed by atoms with Gasteiger partial charge in [0, 0.05) is 11.6 Å². The van der Waals surface area contributed by atoms with Crippen molar-refractivity contribution in [2.24, 2.45) is 5.73 Å². The van der Waals surface area contributed by atoms with Crippen LogP contribution in [0, 0.1) is 5.82 Å². The van der Waals surface area contributed by atoms with Gasteiger partial charge in [0.2, 0.25) is 0 Å². The monoisotopic (exact) mass is 259 g/mol. The molecule has 0 amide bonds. The molecule has 6 heteroatoms. The molecule has 4 nitrogen and oxygen atoms in total. The number of benzene rings is 1. The molecule has 0 radical (unpaired) electrons. The molecule has 2 unspecified atom stereocenters. The van der Waals surface area contributed by atoms with Gasteiger partial charge in [-0.25, -0.2) is 8.78 Å². The van der Waals surface area contributed by atoms with Crippen molar-refractivity contribution in [1.82, 2.24) is 0 Å². The summed E-state index contributed by atoms with van der Waals surface area (Å²) in [7, 11) is 1.24. The summed E-state index contributed by atoms with van der Waals surface area (Å²) >= 11 is 0. The minimum atomic E-state index is -1.37. The van der Waals surface area contributed by atoms with E-state index >= 15 is 0 Å². The molecule has 0 aliphatic heterocycles. The van der Waals surface area contributed by atoms with Crippen molar-refractivity contribution in [2.45, 2.75) is 25.6 Å². The van der Waals surface area contributed by atoms with E-state index in [0.717, 1.165) is 6.07 Å². The Balaban J connectivity index is 3.25. The van der Waals surface area contributed by atoms with Crippen LogP contribution in [0.3, 0.4) is 0 Å². The first kappa shape index (κ1) is 14.4. The fourth-order valence-electron chi connectivity index (χ4n) is 1.66. The molecule has 0 saturated carbocycles. The number of ether oxygens (including phenoxy) is 1. The van der Waals surface area contributed by atoms with Gasteiger partial charge in [0.1, 0.15) is 6.17 Å². The van der Waals surface area contributed by atoms with Crippen molar-refractivity contribution in [1.29, 1.82) is 0 Å². The lowest BCUT2D eigenvalue weighted by atomic mass is 9.99. The maximum absolute atomic E-state index is 13.7. The fourth-order valence-corrected chi connectivity index (χ4v) is 1.66. The van der Waals surface area contributed by atoms with Gasteiger partial charge in [-0.05, 0) is 24.6 Å². The van der Waals surface area contributed by atoms with E-state index in [0.29, 0.717) is 0 Å². The Kier molecular flexibility index (Phi) is 4.61. The number of nitrogens with two attached hydrogens (primary N) is 1. The zero-order valence-corrected chi connectivity index (χ0v) is 10.1. The molecule has 1 aromatic carbocycles. The van der Waals surface area contributed by atoms with Crippen LogP contribution in [0.5, 0.6) is 5.75 Å². The van der Waals surface area contributed by atoms with Gasteiger partial charge in [0.15, 0.2) is 11.6 Å². The number of alkyl halides is 1. The van der Waals surface area contributed by atoms with E-state index in [4.69, 9.17) is 15.6 Å². The third kappa shape index (κ3) is 3.16. The molecule has 0 bridgehead atoms. The number of aliphatic carboxylic acids is 1. The molecule has 0 aromatic heterocycles. The quantitative estimate of drug-likeness (QED) is 0.851. The first-order valence-electron chi connectivity index (χ1n) is 5.35. The van der Waals surface area contributed by atoms with E-state index in [-0.39, 0.29) is 23.3 Å². The standard InChI is InChI=1S/C12H15F2NO3/c1-6(13)7-3-8(10(15)5-11(16)17)12(18-2)9(14)4-7/h3-4,6,10H,5,15H2,1-2H3,(H,16,17). The van der Waals surface area contributed by atoms with Crippen LogP contribution in [-0.2, 0) is 4.79 Å². The van der Waals surface area contributed by atoms with Gasteiger partial charge in [0.25, 0.3) is 0 Å². The minimum Gasteiger partial charge on any atom is -0.493 e. The van der Waals surface area contributed by atoms with Crippen molar-refractivity contribution < 1.29 is 23.4 Å². The first-order valence-corrected chi connectivity index (χ1v) is 5.35. The van der Waals surface area contributed by atoms with Gasteiger partial charge in [-0.2, -0.15) is 0 Å². The molecule has 100 valence electrons. The maximum Gasteiger partial charge on any atom is 0.305 e. The third-order valence-corrected chi connectivity index (χ3v) is 2.55. The van der Waals surface area contributed by atoms with Crippen LogP contribution >= 0.6 is 0 Å². The van der Waals surface area contributed by atoms with Crippen molar-refractivity contribution in [2.75, 3.05) is 7.11 Å². The van der Waals surface area contributed by atoms with Crippen LogP contribution in [0.2, 0.25) is 0 Å². The van der Waals surface area contributed by atoms with Crippen LogP contribution < -0.4 is 10.5 Å². The number of hydrogen-bond donors (Lipinski definition) is 2. The Morgan fingerprint density at radius 1 is 1.56 bits per heavy atom. The van der Waals surface area contributed by atoms with Crippen LogP contribution in [0.25, 0.3) is 0 Å². The zero-order chi connectivity index (χ0) is 13.9. The van der Waals surface area contributed by atoms with E-state index in [9.17, 15) is 13.6 Å². The molecule has 0 spiro atoms. The van der Waals surface area contributed by atoms with Gasteiger partial charge in [0.05, 0.1) is 13.5 Å². The van der Waals surface area contributed by atoms with Gasteiger partial charge >= 0.3 is 5.97 Å². The maximum atomic E-state index is 13.7. The molecular formula is C12H15F2NO3. The molecule has 2 atom stereocenters. The smallest absolute Gasteiger partial charge is 0.305 e. The molecule has 0 saturated heterocycles. The number of carboxylic acids is 1. The van der Waals surface area contributed by atoms with Crippen LogP contribution in [0.15, 0.2) is 12.1 Å². The first-order chi connectivity index (χ1) is 8.36. The van der Waals surface area contributed by atoms with Crippen molar-refractivity contribution in [3.8, 4) is 5.75 Å². The molecule has 1 rings (SSSR count). The number of halogens is 2. The molecule has 18 heavy (non-hydrogen) atoms. The molecule has 0 aliphatic carbocycles. The molecular weight excluding hydrogens is 244 g/mol. The van der Waals surface area contributed by atoms with Crippen LogP contribution in [-0.4, -0.2) is 18.2 Å². The summed E-state index contributed by atoms with van der Waals surface area (Å²) < 4.78 is 31.7. The lowest BCUT2D eigenvalue weighted by Crippen LogP contribution is -2.17. The normalized spacial score (nSPS) is 14.1. The number of methoxy groups -OCH3 is 1. The lowest BCUT2D eigenvalue weighted by Gasteiger charge is -2.17. The summed E-state index contributed by atoms with van der Waals surface area (Å²) in [5.41, 5.74) is 5.91. The van der Waals surface area contributed by atoms with E-state index in [1.165, 1.54) is 20.1 Å². The minimum absolute atomic E-state index is 0.101. The van der Waals surface area contributed by atoms with Crippen LogP contribution in [0.4, 0.5) is 8.78 Å². The van der Waals surface area contributed by atoms with Crippen molar-refractivity contribution >= 4 is 5.97 Å². The predicted molar refractivity (Wildman–Crippen MR) is 61.7 cm³/mol. The highest BCUT2D eigenvalue weighted by Gasteiger charge is 2.21. The summed E-state index contributed by atoms with van der Waals surface area (Å²) in [6.07, 6.45) is -1.76. The van der Waals surface area contributed by atoms with E-state index in [2.05, 4.69) is 0 Å². The average molecular weight is 259 g/mol. The number of hydrogen-bond acceptors (Lipinski definition) is 3. The largest absolute Gasteiger partial charge is 0.493 e. The molecule has 0 fully saturated rings. The lowest BCUT2D eigenvalue weighted by molar-refractivity contribution is -0.137. The third-order valence-electron chi connectivity index (χ3n) is 2.55. The zero-order valence-electron chi connectivity index (χ0n) is 10.1. The molecule has 0 heterocycles. The summed E-state index contributed by atoms with van der Waals surface area (Å²) in [6.45, 7) is 1.26. The SMILES string of the molecule is COc1c(F)cc(C(C)F)cc1C(N)CC(=O)O. The Morgan fingerprint density at radius 2 is 2.17 bits per heavy atom. The van der Waals surface area contributed by atoms with Gasteiger partial charge in [-0.1, -0.05) is 0 Å². The molecule has 3 N–H and O–H groups in total. The number of rotatable bonds is 5. The second-order valence-electron chi connectivity index (χ2n) is 3.95. The number of carbonyl (C=O) groups is 1. The average Bonchev–Trinajstić information content (AvgIpc) is 2.26. The van der Waals surface area contributed by atoms with E-state index in [1.54, 1.807) is 0 Å². The Bertz CT molecular complexity index is 449. The Hall–Kier alpha value is -1.69. The summed E-state index contributed by atoms with van der Waals surface area (Å²) in [6, 6.07) is 1.39. The van der Waals surface area contributed by atoms with Crippen molar-refractivity contribution in [3.05, 3.63) is 29.1 Å². The summed E-state index contributed by atoms with van der Waals surface area (Å²) in [4.78, 5) is 10.6. The second kappa shape index (κ2) is 5.77. The second-order valence-corrected chi connectivity index (χ2v) is 3.95. The van der Waals surface area contributed by atoms with Gasteiger partial charge < -0.3 is 15.6 Å². The summed E-state index contributed by atoms with van der Waals surface area (Å²) in [5, 5.41) is 8.67. The Morgan fingerprint density at radius 3 is 2.61 bits per heavy atom. The predicted octanol–water partition coefficient (Wildman–Crippen LogP) is 2.34. The fraction of sp³-hybridized carbons (Fsp3) is 0.417. The van der Waals surface area contributed by atoms with E-state index in [1.807, 2.05) is 0 Å². The number of carboxylic acid groups (broad SMARTS) is 1. The van der Waals surface area contributed by atoms with Crippen molar-refractivity contribution in [3.63, 3.8) is 0 Å². The summed E-state index contributed by atoms with van der Waals surface area (Å²) in [5.74, 6) is -2.02.